The summed E-state index contributed by atoms with van der Waals surface area (Å²) in [5.41, 5.74) is 0.538. The predicted octanol–water partition coefficient (Wildman–Crippen LogP) is 3.25. The molecule has 1 N–H and O–H groups in total. The average Bonchev–Trinajstić information content (AvgIpc) is 2.95. The van der Waals surface area contributed by atoms with Gasteiger partial charge in [-0.1, -0.05) is 26.0 Å². The molecule has 1 aromatic rings. The highest BCUT2D eigenvalue weighted by atomic mass is 16.5. The lowest BCUT2D eigenvalue weighted by molar-refractivity contribution is -0.141. The number of nitrogens with zero attached hydrogens (tertiary/aromatic N) is 1. The van der Waals surface area contributed by atoms with Crippen LogP contribution >= 0.6 is 0 Å². The van der Waals surface area contributed by atoms with E-state index in [-0.39, 0.29) is 24.8 Å². The molecule has 5 nitrogen and oxygen atoms in total. The molecule has 1 aromatic carbocycles. The standard InChI is InChI=1S/C18H25NO4/c1-18(2,12-17(21)22)11-16(20)19-9-5-8-15(19)13-6-4-7-14(10-13)23-3/h4,6-7,10,15H,5,8-9,11-12H2,1-3H3,(H,21,22)/t15-/m0/s1. The van der Waals surface area contributed by atoms with E-state index in [1.54, 1.807) is 7.11 Å². The molecule has 1 heterocycles. The summed E-state index contributed by atoms with van der Waals surface area (Å²) >= 11 is 0. The topological polar surface area (TPSA) is 66.8 Å². The van der Waals surface area contributed by atoms with Gasteiger partial charge in [-0.15, -0.1) is 0 Å². The van der Waals surface area contributed by atoms with Crippen LogP contribution in [0, 0.1) is 5.41 Å². The Labute approximate surface area is 137 Å². The number of carbonyl (C=O) groups excluding carboxylic acids is 1. The Morgan fingerprint density at radius 1 is 1.35 bits per heavy atom. The second kappa shape index (κ2) is 7.02. The minimum Gasteiger partial charge on any atom is -0.497 e. The highest BCUT2D eigenvalue weighted by Crippen LogP contribution is 2.36. The van der Waals surface area contributed by atoms with Crippen molar-refractivity contribution in [2.75, 3.05) is 13.7 Å². The lowest BCUT2D eigenvalue weighted by Crippen LogP contribution is -2.34. The Kier molecular flexibility index (Phi) is 5.29. The van der Waals surface area contributed by atoms with Crippen LogP contribution in [0.2, 0.25) is 0 Å². The van der Waals surface area contributed by atoms with Crippen molar-refractivity contribution in [1.82, 2.24) is 4.90 Å². The molecule has 0 spiro atoms. The average molecular weight is 319 g/mol. The first-order valence-corrected chi connectivity index (χ1v) is 7.97. The molecule has 1 fully saturated rings. The zero-order valence-corrected chi connectivity index (χ0v) is 14.0. The first kappa shape index (κ1) is 17.3. The monoisotopic (exact) mass is 319 g/mol. The molecule has 0 aromatic heterocycles. The maximum Gasteiger partial charge on any atom is 0.303 e. The van der Waals surface area contributed by atoms with Crippen molar-refractivity contribution < 1.29 is 19.4 Å². The maximum atomic E-state index is 12.7. The fourth-order valence-corrected chi connectivity index (χ4v) is 3.24. The van der Waals surface area contributed by atoms with Crippen molar-refractivity contribution in [1.29, 1.82) is 0 Å². The summed E-state index contributed by atoms with van der Waals surface area (Å²) in [6, 6.07) is 7.86. The number of hydrogen-bond acceptors (Lipinski definition) is 3. The zero-order chi connectivity index (χ0) is 17.0. The van der Waals surface area contributed by atoms with Gasteiger partial charge < -0.3 is 14.7 Å². The summed E-state index contributed by atoms with van der Waals surface area (Å²) in [6.07, 6.45) is 2.14. The predicted molar refractivity (Wildman–Crippen MR) is 87.3 cm³/mol. The number of carboxylic acids is 1. The van der Waals surface area contributed by atoms with Crippen molar-refractivity contribution in [3.05, 3.63) is 29.8 Å². The van der Waals surface area contributed by atoms with Crippen molar-refractivity contribution in [2.45, 2.75) is 45.6 Å². The van der Waals surface area contributed by atoms with Gasteiger partial charge in [0.05, 0.1) is 19.6 Å². The van der Waals surface area contributed by atoms with Crippen LogP contribution in [-0.4, -0.2) is 35.5 Å². The Balaban J connectivity index is 2.11. The summed E-state index contributed by atoms with van der Waals surface area (Å²) in [5, 5.41) is 8.98. The smallest absolute Gasteiger partial charge is 0.303 e. The third kappa shape index (κ3) is 4.47. The molecule has 2 rings (SSSR count). The van der Waals surface area contributed by atoms with E-state index in [0.29, 0.717) is 0 Å². The van der Waals surface area contributed by atoms with Crippen LogP contribution in [0.4, 0.5) is 0 Å². The normalized spacial score (nSPS) is 18.0. The lowest BCUT2D eigenvalue weighted by Gasteiger charge is -2.29. The number of rotatable bonds is 6. The summed E-state index contributed by atoms with van der Waals surface area (Å²) in [4.78, 5) is 25.5. The van der Waals surface area contributed by atoms with Gasteiger partial charge in [-0.3, -0.25) is 9.59 Å². The summed E-state index contributed by atoms with van der Waals surface area (Å²) in [6.45, 7) is 4.38. The van der Waals surface area contributed by atoms with Crippen LogP contribution in [0.1, 0.15) is 51.1 Å². The van der Waals surface area contributed by atoms with Crippen LogP contribution < -0.4 is 4.74 Å². The van der Waals surface area contributed by atoms with Gasteiger partial charge in [0.15, 0.2) is 0 Å². The molecule has 5 heteroatoms. The largest absolute Gasteiger partial charge is 0.497 e. The number of hydrogen-bond donors (Lipinski definition) is 1. The number of carbonyl (C=O) groups is 2. The summed E-state index contributed by atoms with van der Waals surface area (Å²) in [7, 11) is 1.63. The SMILES string of the molecule is COc1cccc([C@@H]2CCCN2C(=O)CC(C)(C)CC(=O)O)c1. The number of likely N-dealkylation sites (tertiary alicyclic amines) is 1. The molecular weight excluding hydrogens is 294 g/mol. The zero-order valence-electron chi connectivity index (χ0n) is 14.0. The molecule has 1 amide bonds. The van der Waals surface area contributed by atoms with Gasteiger partial charge in [-0.2, -0.15) is 0 Å². The third-order valence-corrected chi connectivity index (χ3v) is 4.31. The van der Waals surface area contributed by atoms with E-state index in [4.69, 9.17) is 9.84 Å². The van der Waals surface area contributed by atoms with Crippen molar-refractivity contribution in [3.8, 4) is 5.75 Å². The van der Waals surface area contributed by atoms with Crippen molar-refractivity contribution in [2.24, 2.45) is 5.41 Å². The Morgan fingerprint density at radius 2 is 2.09 bits per heavy atom. The molecule has 0 radical (unpaired) electrons. The van der Waals surface area contributed by atoms with E-state index in [9.17, 15) is 9.59 Å². The molecule has 23 heavy (non-hydrogen) atoms. The van der Waals surface area contributed by atoms with Gasteiger partial charge >= 0.3 is 5.97 Å². The Morgan fingerprint density at radius 3 is 2.74 bits per heavy atom. The van der Waals surface area contributed by atoms with Crippen LogP contribution in [0.5, 0.6) is 5.75 Å². The fraction of sp³-hybridized carbons (Fsp3) is 0.556. The van der Waals surface area contributed by atoms with E-state index in [1.807, 2.05) is 43.0 Å². The number of carboxylic acid groups (broad SMARTS) is 1. The maximum absolute atomic E-state index is 12.7. The quantitative estimate of drug-likeness (QED) is 0.874. The number of methoxy groups -OCH3 is 1. The van der Waals surface area contributed by atoms with Gasteiger partial charge in [0.1, 0.15) is 5.75 Å². The Hall–Kier alpha value is -2.04. The van der Waals surface area contributed by atoms with Gasteiger partial charge in [0, 0.05) is 13.0 Å². The highest BCUT2D eigenvalue weighted by Gasteiger charge is 2.34. The molecule has 1 aliphatic heterocycles. The second-order valence-electron chi connectivity index (χ2n) is 6.93. The van der Waals surface area contributed by atoms with Gasteiger partial charge in [0.2, 0.25) is 5.91 Å². The Bertz CT molecular complexity index is 582. The molecule has 126 valence electrons. The number of aliphatic carboxylic acids is 1. The van der Waals surface area contributed by atoms with E-state index in [1.165, 1.54) is 0 Å². The van der Waals surface area contributed by atoms with Crippen molar-refractivity contribution in [3.63, 3.8) is 0 Å². The molecule has 0 aliphatic carbocycles. The third-order valence-electron chi connectivity index (χ3n) is 4.31. The first-order valence-electron chi connectivity index (χ1n) is 7.97. The van der Waals surface area contributed by atoms with Crippen LogP contribution in [-0.2, 0) is 9.59 Å². The minimum atomic E-state index is -0.867. The molecule has 1 atom stereocenters. The number of benzene rings is 1. The first-order chi connectivity index (χ1) is 10.8. The molecule has 1 saturated heterocycles. The van der Waals surface area contributed by atoms with E-state index < -0.39 is 11.4 Å². The van der Waals surface area contributed by atoms with Crippen molar-refractivity contribution >= 4 is 11.9 Å². The van der Waals surface area contributed by atoms with E-state index in [2.05, 4.69) is 0 Å². The minimum absolute atomic E-state index is 0.00356. The molecule has 1 aliphatic rings. The van der Waals surface area contributed by atoms with Gasteiger partial charge in [-0.05, 0) is 36.0 Å². The van der Waals surface area contributed by atoms with E-state index >= 15 is 0 Å². The second-order valence-corrected chi connectivity index (χ2v) is 6.93. The van der Waals surface area contributed by atoms with Crippen LogP contribution in [0.3, 0.4) is 0 Å². The molecular formula is C18H25NO4. The summed E-state index contributed by atoms with van der Waals surface area (Å²) in [5.74, 6) is -0.0526. The number of amides is 1. The fourth-order valence-electron chi connectivity index (χ4n) is 3.24. The van der Waals surface area contributed by atoms with Gasteiger partial charge in [-0.25, -0.2) is 0 Å². The van der Waals surface area contributed by atoms with Crippen LogP contribution in [0.25, 0.3) is 0 Å². The highest BCUT2D eigenvalue weighted by molar-refractivity contribution is 5.79. The van der Waals surface area contributed by atoms with Crippen LogP contribution in [0.15, 0.2) is 24.3 Å². The number of ether oxygens (including phenoxy) is 1. The summed E-state index contributed by atoms with van der Waals surface area (Å²) < 4.78 is 5.27. The molecule has 0 saturated carbocycles. The molecule has 0 bridgehead atoms. The van der Waals surface area contributed by atoms with E-state index in [0.717, 1.165) is 30.7 Å². The molecule has 0 unspecified atom stereocenters. The lowest BCUT2D eigenvalue weighted by atomic mass is 9.85. The van der Waals surface area contributed by atoms with Gasteiger partial charge in [0.25, 0.3) is 0 Å².